The van der Waals surface area contributed by atoms with Crippen LogP contribution in [0, 0.1) is 0 Å². The first-order valence-electron chi connectivity index (χ1n) is 5.06. The van der Waals surface area contributed by atoms with Gasteiger partial charge >= 0.3 is 0 Å². The molecule has 2 rings (SSSR count). The molecule has 0 aliphatic rings. The molecule has 0 radical (unpaired) electrons. The van der Waals surface area contributed by atoms with E-state index in [0.717, 1.165) is 4.31 Å². The molecular formula is C10H13N3O3S. The van der Waals surface area contributed by atoms with E-state index in [1.165, 1.54) is 13.2 Å². The summed E-state index contributed by atoms with van der Waals surface area (Å²) in [6.07, 6.45) is 3.01. The lowest BCUT2D eigenvalue weighted by atomic mass is 10.3. The van der Waals surface area contributed by atoms with Gasteiger partial charge in [0.1, 0.15) is 10.5 Å². The summed E-state index contributed by atoms with van der Waals surface area (Å²) in [5.74, 6) is 0. The van der Waals surface area contributed by atoms with Gasteiger partial charge in [-0.25, -0.2) is 13.4 Å². The van der Waals surface area contributed by atoms with Crippen molar-refractivity contribution in [3.63, 3.8) is 0 Å². The number of aliphatic hydroxyl groups excluding tert-OH is 1. The van der Waals surface area contributed by atoms with E-state index >= 15 is 0 Å². The lowest BCUT2D eigenvalue weighted by Gasteiger charge is -2.14. The fourth-order valence-corrected chi connectivity index (χ4v) is 2.88. The Balaban J connectivity index is 2.53. The Labute approximate surface area is 99.0 Å². The predicted molar refractivity (Wildman–Crippen MR) is 63.0 cm³/mol. The van der Waals surface area contributed by atoms with E-state index in [1.807, 2.05) is 0 Å². The molecule has 7 heteroatoms. The number of sulfonamides is 1. The number of likely N-dealkylation sites (N-methyl/N-ethyl adjacent to an activating group) is 1. The molecule has 2 N–H and O–H groups in total. The number of fused-ring (bicyclic) bond motifs is 1. The zero-order valence-electron chi connectivity index (χ0n) is 9.29. The van der Waals surface area contributed by atoms with Crippen LogP contribution in [-0.4, -0.2) is 48.0 Å². The van der Waals surface area contributed by atoms with E-state index in [9.17, 15) is 8.42 Å². The number of aliphatic hydroxyl groups is 1. The molecule has 0 saturated carbocycles. The molecule has 0 spiro atoms. The lowest BCUT2D eigenvalue weighted by Crippen LogP contribution is -2.29. The van der Waals surface area contributed by atoms with Crippen LogP contribution >= 0.6 is 0 Å². The quantitative estimate of drug-likeness (QED) is 0.815. The number of rotatable bonds is 4. The second kappa shape index (κ2) is 4.44. The van der Waals surface area contributed by atoms with Crippen LogP contribution in [0.15, 0.2) is 29.4 Å². The average Bonchev–Trinajstić information content (AvgIpc) is 2.73. The minimum absolute atomic E-state index is 0.0648. The molecule has 0 aliphatic heterocycles. The van der Waals surface area contributed by atoms with Gasteiger partial charge in [0.25, 0.3) is 0 Å². The molecule has 2 heterocycles. The van der Waals surface area contributed by atoms with Gasteiger partial charge in [0.2, 0.25) is 10.0 Å². The normalized spacial score (nSPS) is 12.4. The van der Waals surface area contributed by atoms with Crippen LogP contribution in [0.5, 0.6) is 0 Å². The van der Waals surface area contributed by atoms with Crippen LogP contribution in [0.4, 0.5) is 0 Å². The number of nitrogens with one attached hydrogen (secondary N) is 1. The largest absolute Gasteiger partial charge is 0.395 e. The summed E-state index contributed by atoms with van der Waals surface area (Å²) in [5, 5.41) is 9.34. The third kappa shape index (κ3) is 2.04. The zero-order valence-corrected chi connectivity index (χ0v) is 10.1. The maximum Gasteiger partial charge on any atom is 0.245 e. The molecule has 0 amide bonds. The Bertz CT molecular complexity index is 621. The highest BCUT2D eigenvalue weighted by Gasteiger charge is 2.23. The highest BCUT2D eigenvalue weighted by molar-refractivity contribution is 7.89. The van der Waals surface area contributed by atoms with Crippen molar-refractivity contribution in [3.05, 3.63) is 24.5 Å². The zero-order chi connectivity index (χ0) is 12.5. The summed E-state index contributed by atoms with van der Waals surface area (Å²) in [6, 6.07) is 3.37. The van der Waals surface area contributed by atoms with Gasteiger partial charge in [0, 0.05) is 31.4 Å². The average molecular weight is 255 g/mol. The third-order valence-corrected chi connectivity index (χ3v) is 4.41. The van der Waals surface area contributed by atoms with E-state index in [4.69, 9.17) is 5.11 Å². The maximum absolute atomic E-state index is 12.2. The van der Waals surface area contributed by atoms with Gasteiger partial charge in [-0.05, 0) is 12.1 Å². The van der Waals surface area contributed by atoms with E-state index in [-0.39, 0.29) is 18.0 Å². The van der Waals surface area contributed by atoms with Crippen LogP contribution < -0.4 is 0 Å². The summed E-state index contributed by atoms with van der Waals surface area (Å²) in [6.45, 7) is -0.147. The van der Waals surface area contributed by atoms with Crippen molar-refractivity contribution in [1.82, 2.24) is 14.3 Å². The van der Waals surface area contributed by atoms with Gasteiger partial charge in [-0.3, -0.25) is 0 Å². The van der Waals surface area contributed by atoms with E-state index in [1.54, 1.807) is 18.3 Å². The second-order valence-corrected chi connectivity index (χ2v) is 5.62. The van der Waals surface area contributed by atoms with Crippen molar-refractivity contribution < 1.29 is 13.5 Å². The number of aromatic amines is 1. The lowest BCUT2D eigenvalue weighted by molar-refractivity contribution is 0.266. The van der Waals surface area contributed by atoms with Gasteiger partial charge < -0.3 is 10.1 Å². The summed E-state index contributed by atoms with van der Waals surface area (Å²) in [4.78, 5) is 7.02. The Morgan fingerprint density at radius 3 is 3.00 bits per heavy atom. The summed E-state index contributed by atoms with van der Waals surface area (Å²) >= 11 is 0. The van der Waals surface area contributed by atoms with Gasteiger partial charge in [-0.2, -0.15) is 4.31 Å². The van der Waals surface area contributed by atoms with Gasteiger partial charge in [-0.15, -0.1) is 0 Å². The molecule has 2 aromatic heterocycles. The molecule has 0 aliphatic carbocycles. The van der Waals surface area contributed by atoms with Gasteiger partial charge in [0.15, 0.2) is 0 Å². The standard InChI is InChI=1S/C10H13N3O3S/c1-13(5-6-14)17(15,16)9-7-12-10-8(9)3-2-4-11-10/h2-4,7,14H,5-6H2,1H3,(H,11,12). The summed E-state index contributed by atoms with van der Waals surface area (Å²) in [5.41, 5.74) is 0.531. The van der Waals surface area contributed by atoms with Crippen molar-refractivity contribution in [2.24, 2.45) is 0 Å². The Morgan fingerprint density at radius 1 is 1.53 bits per heavy atom. The monoisotopic (exact) mass is 255 g/mol. The highest BCUT2D eigenvalue weighted by atomic mass is 32.2. The topological polar surface area (TPSA) is 86.3 Å². The first-order valence-corrected chi connectivity index (χ1v) is 6.50. The van der Waals surface area contributed by atoms with Crippen molar-refractivity contribution in [2.45, 2.75) is 4.90 Å². The van der Waals surface area contributed by atoms with Crippen molar-refractivity contribution in [2.75, 3.05) is 20.2 Å². The fraction of sp³-hybridized carbons (Fsp3) is 0.300. The Hall–Kier alpha value is -1.44. The number of hydrogen-bond acceptors (Lipinski definition) is 4. The minimum atomic E-state index is -3.58. The Morgan fingerprint density at radius 2 is 2.29 bits per heavy atom. The van der Waals surface area contributed by atoms with Crippen LogP contribution in [0.25, 0.3) is 11.0 Å². The van der Waals surface area contributed by atoms with E-state index in [0.29, 0.717) is 11.0 Å². The number of nitrogens with zero attached hydrogens (tertiary/aromatic N) is 2. The van der Waals surface area contributed by atoms with Gasteiger partial charge in [0.05, 0.1) is 6.61 Å². The van der Waals surface area contributed by atoms with Crippen molar-refractivity contribution >= 4 is 21.1 Å². The number of H-pyrrole nitrogens is 1. The molecule has 0 saturated heterocycles. The Kier molecular flexibility index (Phi) is 3.14. The van der Waals surface area contributed by atoms with Crippen LogP contribution in [-0.2, 0) is 10.0 Å². The molecule has 6 nitrogen and oxygen atoms in total. The highest BCUT2D eigenvalue weighted by Crippen LogP contribution is 2.23. The summed E-state index contributed by atoms with van der Waals surface area (Å²) in [7, 11) is -2.15. The molecule has 2 aromatic rings. The van der Waals surface area contributed by atoms with Crippen LogP contribution in [0.3, 0.4) is 0 Å². The number of pyridine rings is 1. The first kappa shape index (κ1) is 12.0. The molecule has 0 fully saturated rings. The first-order chi connectivity index (χ1) is 8.07. The summed E-state index contributed by atoms with van der Waals surface area (Å²) < 4.78 is 25.4. The molecular weight excluding hydrogens is 242 g/mol. The molecule has 0 atom stereocenters. The fourth-order valence-electron chi connectivity index (χ4n) is 1.57. The van der Waals surface area contributed by atoms with Crippen molar-refractivity contribution in [1.29, 1.82) is 0 Å². The van der Waals surface area contributed by atoms with E-state index in [2.05, 4.69) is 9.97 Å². The second-order valence-electron chi connectivity index (χ2n) is 3.60. The van der Waals surface area contributed by atoms with Crippen LogP contribution in [0.1, 0.15) is 0 Å². The third-order valence-electron chi connectivity index (χ3n) is 2.52. The molecule has 17 heavy (non-hydrogen) atoms. The van der Waals surface area contributed by atoms with Crippen LogP contribution in [0.2, 0.25) is 0 Å². The number of aromatic nitrogens is 2. The molecule has 0 unspecified atom stereocenters. The predicted octanol–water partition coefficient (Wildman–Crippen LogP) is 0.176. The van der Waals surface area contributed by atoms with Gasteiger partial charge in [-0.1, -0.05) is 0 Å². The SMILES string of the molecule is CN(CCO)S(=O)(=O)c1c[nH]c2ncccc12. The molecule has 0 aromatic carbocycles. The van der Waals surface area contributed by atoms with E-state index < -0.39 is 10.0 Å². The minimum Gasteiger partial charge on any atom is -0.395 e. The maximum atomic E-state index is 12.2. The molecule has 92 valence electrons. The molecule has 0 bridgehead atoms. The number of hydrogen-bond donors (Lipinski definition) is 2. The van der Waals surface area contributed by atoms with Crippen molar-refractivity contribution in [3.8, 4) is 0 Å². The smallest absolute Gasteiger partial charge is 0.245 e.